The molecule has 0 spiro atoms. The number of rotatable bonds is 5. The Bertz CT molecular complexity index is 947. The number of halogens is 1. The Balaban J connectivity index is 1.38. The number of carbonyl (C=O) groups is 2. The van der Waals surface area contributed by atoms with Gasteiger partial charge in [-0.1, -0.05) is 23.7 Å². The Morgan fingerprint density at radius 2 is 1.58 bits per heavy atom. The third kappa shape index (κ3) is 2.99. The quantitative estimate of drug-likeness (QED) is 0.644. The molecule has 2 aromatic carbocycles. The smallest absolute Gasteiger partial charge is 0.261 e. The van der Waals surface area contributed by atoms with Crippen LogP contribution in [-0.4, -0.2) is 33.5 Å². The van der Waals surface area contributed by atoms with Crippen molar-refractivity contribution in [3.8, 4) is 11.5 Å². The van der Waals surface area contributed by atoms with Crippen LogP contribution in [0, 0.1) is 0 Å². The zero-order valence-corrected chi connectivity index (χ0v) is 14.4. The highest BCUT2D eigenvalue weighted by atomic mass is 35.5. The number of hydrogen-bond donors (Lipinski definition) is 0. The van der Waals surface area contributed by atoms with Crippen LogP contribution in [0.1, 0.15) is 33.0 Å². The largest absolute Gasteiger partial charge is 0.421 e. The fourth-order valence-corrected chi connectivity index (χ4v) is 3.02. The molecule has 130 valence electrons. The summed E-state index contributed by atoms with van der Waals surface area (Å²) >= 11 is 5.87. The van der Waals surface area contributed by atoms with Crippen LogP contribution in [0.2, 0.25) is 5.02 Å². The fourth-order valence-electron chi connectivity index (χ4n) is 2.89. The second-order valence-corrected chi connectivity index (χ2v) is 6.36. The van der Waals surface area contributed by atoms with Crippen molar-refractivity contribution in [2.45, 2.75) is 12.8 Å². The SMILES string of the molecule is O=C1c2ccccc2C(=O)N1CCCc1nnc(-c2ccc(Cl)cc2)o1. The highest BCUT2D eigenvalue weighted by Crippen LogP contribution is 2.23. The highest BCUT2D eigenvalue weighted by Gasteiger charge is 2.34. The standard InChI is InChI=1S/C19H14ClN3O3/c20-13-9-7-12(8-10-13)17-22-21-16(26-17)6-3-11-23-18(24)14-4-1-2-5-15(14)19(23)25/h1-2,4-5,7-10H,3,6,11H2. The molecule has 0 saturated carbocycles. The number of aromatic nitrogens is 2. The molecule has 0 atom stereocenters. The average molecular weight is 368 g/mol. The van der Waals surface area contributed by atoms with Gasteiger partial charge in [0.2, 0.25) is 11.8 Å². The van der Waals surface area contributed by atoms with Crippen molar-refractivity contribution in [3.05, 3.63) is 70.6 Å². The number of fused-ring (bicyclic) bond motifs is 1. The summed E-state index contributed by atoms with van der Waals surface area (Å²) in [6.07, 6.45) is 1.03. The van der Waals surface area contributed by atoms with E-state index >= 15 is 0 Å². The van der Waals surface area contributed by atoms with E-state index in [1.54, 1.807) is 48.5 Å². The molecule has 4 rings (SSSR count). The summed E-state index contributed by atoms with van der Waals surface area (Å²) in [6.45, 7) is 0.311. The molecule has 3 aromatic rings. The molecule has 0 unspecified atom stereocenters. The van der Waals surface area contributed by atoms with Crippen molar-refractivity contribution in [2.75, 3.05) is 6.54 Å². The first-order valence-electron chi connectivity index (χ1n) is 8.17. The van der Waals surface area contributed by atoms with Gasteiger partial charge >= 0.3 is 0 Å². The van der Waals surface area contributed by atoms with Crippen LogP contribution in [0.4, 0.5) is 0 Å². The van der Waals surface area contributed by atoms with Crippen LogP contribution in [0.15, 0.2) is 52.9 Å². The molecule has 0 N–H and O–H groups in total. The third-order valence-corrected chi connectivity index (χ3v) is 4.46. The lowest BCUT2D eigenvalue weighted by molar-refractivity contribution is 0.0651. The maximum absolute atomic E-state index is 12.3. The van der Waals surface area contributed by atoms with E-state index in [1.807, 2.05) is 0 Å². The number of hydrogen-bond acceptors (Lipinski definition) is 5. The van der Waals surface area contributed by atoms with Gasteiger partial charge in [0.15, 0.2) is 0 Å². The zero-order chi connectivity index (χ0) is 18.1. The second kappa shape index (κ2) is 6.72. The molecule has 1 aliphatic rings. The monoisotopic (exact) mass is 367 g/mol. The zero-order valence-electron chi connectivity index (χ0n) is 13.7. The van der Waals surface area contributed by atoms with Gasteiger partial charge in [0.05, 0.1) is 11.1 Å². The van der Waals surface area contributed by atoms with Gasteiger partial charge in [-0.25, -0.2) is 0 Å². The van der Waals surface area contributed by atoms with Crippen molar-refractivity contribution in [1.82, 2.24) is 15.1 Å². The number of amides is 2. The highest BCUT2D eigenvalue weighted by molar-refractivity contribution is 6.30. The molecule has 0 saturated heterocycles. The summed E-state index contributed by atoms with van der Waals surface area (Å²) in [4.78, 5) is 25.9. The van der Waals surface area contributed by atoms with Gasteiger partial charge in [-0.05, 0) is 42.8 Å². The lowest BCUT2D eigenvalue weighted by Gasteiger charge is -2.12. The lowest BCUT2D eigenvalue weighted by Crippen LogP contribution is -2.30. The Morgan fingerprint density at radius 3 is 2.23 bits per heavy atom. The van der Waals surface area contributed by atoms with Crippen LogP contribution in [0.25, 0.3) is 11.5 Å². The van der Waals surface area contributed by atoms with Crippen molar-refractivity contribution in [3.63, 3.8) is 0 Å². The van der Waals surface area contributed by atoms with Gasteiger partial charge in [0.25, 0.3) is 11.8 Å². The number of benzene rings is 2. The summed E-state index contributed by atoms with van der Waals surface area (Å²) < 4.78 is 5.64. The predicted octanol–water partition coefficient (Wildman–Crippen LogP) is 3.62. The Labute approximate surface area is 154 Å². The van der Waals surface area contributed by atoms with Crippen LogP contribution < -0.4 is 0 Å². The maximum atomic E-state index is 12.3. The topological polar surface area (TPSA) is 76.3 Å². The van der Waals surface area contributed by atoms with Gasteiger partial charge in [0, 0.05) is 23.6 Å². The fraction of sp³-hybridized carbons (Fsp3) is 0.158. The Hall–Kier alpha value is -2.99. The molecule has 1 aliphatic heterocycles. The van der Waals surface area contributed by atoms with Gasteiger partial charge in [-0.3, -0.25) is 14.5 Å². The molecule has 6 nitrogen and oxygen atoms in total. The molecule has 1 aromatic heterocycles. The summed E-state index contributed by atoms with van der Waals surface area (Å²) in [6, 6.07) is 14.0. The number of carbonyl (C=O) groups excluding carboxylic acids is 2. The minimum absolute atomic E-state index is 0.252. The van der Waals surface area contributed by atoms with Crippen molar-refractivity contribution in [1.29, 1.82) is 0 Å². The molecule has 7 heteroatoms. The summed E-state index contributed by atoms with van der Waals surface area (Å²) in [7, 11) is 0. The van der Waals surface area contributed by atoms with Crippen LogP contribution in [0.5, 0.6) is 0 Å². The van der Waals surface area contributed by atoms with E-state index in [9.17, 15) is 9.59 Å². The van der Waals surface area contributed by atoms with Gasteiger partial charge in [-0.2, -0.15) is 0 Å². The van der Waals surface area contributed by atoms with Gasteiger partial charge in [-0.15, -0.1) is 10.2 Å². The van der Waals surface area contributed by atoms with E-state index in [4.69, 9.17) is 16.0 Å². The van der Waals surface area contributed by atoms with Crippen molar-refractivity contribution < 1.29 is 14.0 Å². The minimum Gasteiger partial charge on any atom is -0.421 e. The first kappa shape index (κ1) is 16.5. The Kier molecular flexibility index (Phi) is 4.26. The van der Waals surface area contributed by atoms with Gasteiger partial charge in [0.1, 0.15) is 0 Å². The molecule has 0 bridgehead atoms. The molecule has 0 fully saturated rings. The lowest BCUT2D eigenvalue weighted by atomic mass is 10.1. The molecule has 26 heavy (non-hydrogen) atoms. The van der Waals surface area contributed by atoms with Crippen molar-refractivity contribution in [2.24, 2.45) is 0 Å². The minimum atomic E-state index is -0.252. The van der Waals surface area contributed by atoms with Crippen molar-refractivity contribution >= 4 is 23.4 Å². The molecule has 2 heterocycles. The van der Waals surface area contributed by atoms with E-state index in [0.717, 1.165) is 5.56 Å². The first-order valence-corrected chi connectivity index (χ1v) is 8.55. The first-order chi connectivity index (χ1) is 12.6. The van der Waals surface area contributed by atoms with Crippen LogP contribution in [-0.2, 0) is 6.42 Å². The molecular formula is C19H14ClN3O3. The second-order valence-electron chi connectivity index (χ2n) is 5.92. The Morgan fingerprint density at radius 1 is 0.923 bits per heavy atom. The van der Waals surface area contributed by atoms with E-state index in [1.165, 1.54) is 4.90 Å². The number of aryl methyl sites for hydroxylation is 1. The molecule has 0 radical (unpaired) electrons. The predicted molar refractivity (Wildman–Crippen MR) is 94.9 cm³/mol. The molecule has 2 amide bonds. The van der Waals surface area contributed by atoms with E-state index in [2.05, 4.69) is 10.2 Å². The maximum Gasteiger partial charge on any atom is 0.261 e. The average Bonchev–Trinajstić information content (AvgIpc) is 3.22. The summed E-state index contributed by atoms with van der Waals surface area (Å²) in [5, 5.41) is 8.67. The third-order valence-electron chi connectivity index (χ3n) is 4.21. The van der Waals surface area contributed by atoms with Crippen LogP contribution in [0.3, 0.4) is 0 Å². The number of imide groups is 1. The molecular weight excluding hydrogens is 354 g/mol. The number of nitrogens with zero attached hydrogens (tertiary/aromatic N) is 3. The van der Waals surface area contributed by atoms with Crippen LogP contribution >= 0.6 is 11.6 Å². The van der Waals surface area contributed by atoms with E-state index < -0.39 is 0 Å². The summed E-state index contributed by atoms with van der Waals surface area (Å²) in [5.74, 6) is 0.375. The molecule has 0 aliphatic carbocycles. The van der Waals surface area contributed by atoms with Gasteiger partial charge < -0.3 is 4.42 Å². The van der Waals surface area contributed by atoms with E-state index in [0.29, 0.717) is 47.3 Å². The van der Waals surface area contributed by atoms with E-state index in [-0.39, 0.29) is 11.8 Å². The normalized spacial score (nSPS) is 13.3. The summed E-state index contributed by atoms with van der Waals surface area (Å²) in [5.41, 5.74) is 1.70.